The summed E-state index contributed by atoms with van der Waals surface area (Å²) in [6.45, 7) is 0.551. The molecule has 0 bridgehead atoms. The van der Waals surface area contributed by atoms with E-state index in [-0.39, 0.29) is 10.7 Å². The number of fused-ring (bicyclic) bond motifs is 1. The molecule has 0 fully saturated rings. The maximum Gasteiger partial charge on any atom is 0.285 e. The van der Waals surface area contributed by atoms with Gasteiger partial charge >= 0.3 is 0 Å². The summed E-state index contributed by atoms with van der Waals surface area (Å²) in [5, 5.41) is 11.6. The van der Waals surface area contributed by atoms with E-state index < -0.39 is 10.0 Å². The Balaban J connectivity index is 1.35. The number of hydrogen-bond donors (Lipinski definition) is 1. The van der Waals surface area contributed by atoms with E-state index in [4.69, 9.17) is 4.74 Å². The van der Waals surface area contributed by atoms with Crippen molar-refractivity contribution < 1.29 is 13.2 Å². The van der Waals surface area contributed by atoms with Crippen molar-refractivity contribution in [3.8, 4) is 5.75 Å². The highest BCUT2D eigenvalue weighted by molar-refractivity contribution is 8.01. The molecule has 1 N–H and O–H groups in total. The van der Waals surface area contributed by atoms with Gasteiger partial charge in [-0.1, -0.05) is 53.4 Å². The Bertz CT molecular complexity index is 1080. The predicted molar refractivity (Wildman–Crippen MR) is 106 cm³/mol. The predicted octanol–water partition coefficient (Wildman–Crippen LogP) is 3.27. The minimum Gasteiger partial charge on any atom is -0.493 e. The Hall–Kier alpha value is -2.43. The van der Waals surface area contributed by atoms with E-state index in [0.29, 0.717) is 17.3 Å². The molecule has 0 spiro atoms. The van der Waals surface area contributed by atoms with Crippen molar-refractivity contribution in [2.45, 2.75) is 9.24 Å². The number of aromatic nitrogens is 2. The molecule has 0 radical (unpaired) electrons. The van der Waals surface area contributed by atoms with E-state index >= 15 is 0 Å². The van der Waals surface area contributed by atoms with E-state index in [9.17, 15) is 8.42 Å². The minimum atomic E-state index is -3.65. The van der Waals surface area contributed by atoms with Gasteiger partial charge in [0.25, 0.3) is 10.0 Å². The third kappa shape index (κ3) is 4.12. The third-order valence-electron chi connectivity index (χ3n) is 3.58. The number of hydrogen-bond acceptors (Lipinski definition) is 8. The molecular weight excluding hydrogens is 404 g/mol. The van der Waals surface area contributed by atoms with Crippen molar-refractivity contribution in [2.24, 2.45) is 4.40 Å². The number of rotatable bonds is 6. The molecule has 10 heteroatoms. The van der Waals surface area contributed by atoms with Crippen LogP contribution in [-0.2, 0) is 10.0 Å². The molecule has 1 aromatic heterocycles. The number of benzene rings is 2. The lowest BCUT2D eigenvalue weighted by Crippen LogP contribution is -2.10. The van der Waals surface area contributed by atoms with Gasteiger partial charge in [-0.3, -0.25) is 0 Å². The highest BCUT2D eigenvalue weighted by Gasteiger charge is 2.28. The number of para-hydroxylation sites is 1. The van der Waals surface area contributed by atoms with Crippen LogP contribution in [-0.4, -0.2) is 36.8 Å². The zero-order valence-electron chi connectivity index (χ0n) is 13.9. The quantitative estimate of drug-likeness (QED) is 0.485. The summed E-state index contributed by atoms with van der Waals surface area (Å²) >= 11 is 2.86. The van der Waals surface area contributed by atoms with Crippen molar-refractivity contribution >= 4 is 44.1 Å². The van der Waals surface area contributed by atoms with E-state index in [1.807, 2.05) is 30.3 Å². The fraction of sp³-hybridized carbons (Fsp3) is 0.118. The number of anilines is 1. The van der Waals surface area contributed by atoms with Crippen LogP contribution in [0.25, 0.3) is 0 Å². The Kier molecular flexibility index (Phi) is 5.10. The maximum atomic E-state index is 12.1. The summed E-state index contributed by atoms with van der Waals surface area (Å²) in [7, 11) is -3.65. The Morgan fingerprint density at radius 1 is 1.04 bits per heavy atom. The Morgan fingerprint density at radius 3 is 2.67 bits per heavy atom. The molecule has 0 amide bonds. The van der Waals surface area contributed by atoms with E-state index in [0.717, 1.165) is 15.8 Å². The average Bonchev–Trinajstić information content (AvgIpc) is 3.22. The zero-order valence-corrected chi connectivity index (χ0v) is 16.4. The molecule has 0 unspecified atom stereocenters. The van der Waals surface area contributed by atoms with Gasteiger partial charge in [-0.25, -0.2) is 0 Å². The Labute approximate surface area is 164 Å². The first-order valence-electron chi connectivity index (χ1n) is 7.97. The van der Waals surface area contributed by atoms with E-state index in [1.165, 1.54) is 29.2 Å². The number of thioether (sulfide) groups is 1. The van der Waals surface area contributed by atoms with E-state index in [1.54, 1.807) is 18.2 Å². The molecular formula is C17H14N4O3S3. The molecule has 0 saturated heterocycles. The van der Waals surface area contributed by atoms with Crippen LogP contribution in [0.3, 0.4) is 0 Å². The lowest BCUT2D eigenvalue weighted by molar-refractivity contribution is 0.344. The molecule has 0 saturated carbocycles. The molecule has 0 aliphatic carbocycles. The summed E-state index contributed by atoms with van der Waals surface area (Å²) in [6, 6.07) is 16.3. The second kappa shape index (κ2) is 7.67. The van der Waals surface area contributed by atoms with Gasteiger partial charge in [-0.05, 0) is 24.3 Å². The summed E-state index contributed by atoms with van der Waals surface area (Å²) < 4.78 is 34.3. The van der Waals surface area contributed by atoms with Crippen LogP contribution in [0.4, 0.5) is 5.13 Å². The van der Waals surface area contributed by atoms with Crippen LogP contribution in [0.2, 0.25) is 0 Å². The fourth-order valence-corrected chi connectivity index (χ4v) is 5.24. The smallest absolute Gasteiger partial charge is 0.285 e. The first-order valence-corrected chi connectivity index (χ1v) is 11.2. The largest absolute Gasteiger partial charge is 0.493 e. The molecule has 7 nitrogen and oxygen atoms in total. The molecule has 4 rings (SSSR count). The summed E-state index contributed by atoms with van der Waals surface area (Å²) in [5.41, 5.74) is 0.540. The van der Waals surface area contributed by atoms with Gasteiger partial charge in [0.05, 0.1) is 6.61 Å². The number of nitrogens with one attached hydrogen (secondary N) is 1. The summed E-state index contributed by atoms with van der Waals surface area (Å²) in [5.74, 6) is 1.82. The third-order valence-corrected chi connectivity index (χ3v) is 6.86. The van der Waals surface area contributed by atoms with E-state index in [2.05, 4.69) is 19.9 Å². The summed E-state index contributed by atoms with van der Waals surface area (Å²) in [4.78, 5) is 0.199. The lowest BCUT2D eigenvalue weighted by Gasteiger charge is -2.03. The van der Waals surface area contributed by atoms with Gasteiger partial charge in [-0.2, -0.15) is 8.42 Å². The highest BCUT2D eigenvalue weighted by atomic mass is 32.2. The van der Waals surface area contributed by atoms with Crippen molar-refractivity contribution in [3.05, 3.63) is 60.2 Å². The normalized spacial score (nSPS) is 14.4. The van der Waals surface area contributed by atoms with Gasteiger partial charge in [0.15, 0.2) is 10.2 Å². The first-order chi connectivity index (χ1) is 13.1. The minimum absolute atomic E-state index is 0.199. The molecule has 0 atom stereocenters. The topological polar surface area (TPSA) is 93.5 Å². The van der Waals surface area contributed by atoms with Gasteiger partial charge in [0, 0.05) is 11.3 Å². The molecule has 27 heavy (non-hydrogen) atoms. The zero-order chi connectivity index (χ0) is 18.7. The first kappa shape index (κ1) is 18.0. The monoisotopic (exact) mass is 418 g/mol. The lowest BCUT2D eigenvalue weighted by atomic mass is 10.2. The van der Waals surface area contributed by atoms with Gasteiger partial charge in [-0.15, -0.1) is 14.6 Å². The molecule has 2 aromatic carbocycles. The number of nitrogens with zero attached hydrogens (tertiary/aromatic N) is 3. The Morgan fingerprint density at radius 2 is 1.81 bits per heavy atom. The van der Waals surface area contributed by atoms with Crippen LogP contribution in [0.15, 0.2) is 68.2 Å². The van der Waals surface area contributed by atoms with Gasteiger partial charge in [0.1, 0.15) is 10.6 Å². The average molecular weight is 419 g/mol. The standard InChI is InChI=1S/C17H14N4O3S3/c22-27(23)14-9-5-4-8-13(14)15(21-27)18-16-19-20-17(26-16)25-11-10-24-12-6-2-1-3-7-12/h1-9H,10-11H2,(H,18,19,21). The SMILES string of the molecule is O=S1(=O)N=C(Nc2nnc(SCCOc3ccccc3)s2)c2ccccc21. The number of ether oxygens (including phenoxy) is 1. The van der Waals surface area contributed by atoms with Crippen molar-refractivity contribution in [1.82, 2.24) is 10.2 Å². The summed E-state index contributed by atoms with van der Waals surface area (Å²) in [6.07, 6.45) is 0. The number of amidine groups is 1. The van der Waals surface area contributed by atoms with Crippen LogP contribution in [0.5, 0.6) is 5.75 Å². The van der Waals surface area contributed by atoms with Crippen molar-refractivity contribution in [2.75, 3.05) is 17.7 Å². The van der Waals surface area contributed by atoms with Crippen LogP contribution >= 0.6 is 23.1 Å². The van der Waals surface area contributed by atoms with Gasteiger partial charge in [0.2, 0.25) is 5.13 Å². The molecule has 1 aliphatic rings. The second-order valence-corrected chi connectivity index (χ2v) is 9.31. The molecule has 1 aliphatic heterocycles. The second-order valence-electron chi connectivity index (χ2n) is 5.42. The van der Waals surface area contributed by atoms with Crippen molar-refractivity contribution in [3.63, 3.8) is 0 Å². The molecule has 2 heterocycles. The fourth-order valence-electron chi connectivity index (χ4n) is 2.42. The molecule has 138 valence electrons. The van der Waals surface area contributed by atoms with Crippen LogP contribution in [0.1, 0.15) is 5.56 Å². The number of sulfonamides is 1. The van der Waals surface area contributed by atoms with Crippen LogP contribution < -0.4 is 10.1 Å². The van der Waals surface area contributed by atoms with Gasteiger partial charge < -0.3 is 10.1 Å². The molecule has 3 aromatic rings. The van der Waals surface area contributed by atoms with Crippen LogP contribution in [0, 0.1) is 0 Å². The maximum absolute atomic E-state index is 12.1. The highest BCUT2D eigenvalue weighted by Crippen LogP contribution is 2.29. The van der Waals surface area contributed by atoms with Crippen molar-refractivity contribution in [1.29, 1.82) is 0 Å².